The molecule has 3 aliphatic heterocycles. The maximum Gasteiger partial charge on any atom is 0.433 e. The van der Waals surface area contributed by atoms with E-state index in [1.165, 1.54) is 39.1 Å². The van der Waals surface area contributed by atoms with Crippen LogP contribution in [-0.2, 0) is 15.8 Å². The lowest BCUT2D eigenvalue weighted by atomic mass is 9.87. The Kier molecular flexibility index (Phi) is 12.8. The second kappa shape index (κ2) is 17.7. The van der Waals surface area contributed by atoms with Gasteiger partial charge in [0.2, 0.25) is 5.91 Å². The van der Waals surface area contributed by atoms with Crippen molar-refractivity contribution in [3.05, 3.63) is 94.1 Å². The van der Waals surface area contributed by atoms with E-state index in [1.807, 2.05) is 6.07 Å². The molecule has 5 N–H and O–H groups in total. The summed E-state index contributed by atoms with van der Waals surface area (Å²) >= 11 is 0. The quantitative estimate of drug-likeness (QED) is 0.146. The normalized spacial score (nSPS) is 19.6. The molecule has 6 rings (SSSR count). The minimum atomic E-state index is -4.73. The van der Waals surface area contributed by atoms with Crippen LogP contribution in [0.25, 0.3) is 0 Å². The van der Waals surface area contributed by atoms with Gasteiger partial charge in [-0.2, -0.15) is 13.2 Å². The molecule has 0 bridgehead atoms. The fraction of sp³-hybridized carbons (Fsp3) is 0.452. The van der Waals surface area contributed by atoms with E-state index in [9.17, 15) is 42.3 Å². The van der Waals surface area contributed by atoms with Gasteiger partial charge in [0.25, 0.3) is 17.7 Å². The number of piperidine rings is 2. The summed E-state index contributed by atoms with van der Waals surface area (Å²) < 4.78 is 39.7. The van der Waals surface area contributed by atoms with E-state index in [4.69, 9.17) is 5.41 Å². The van der Waals surface area contributed by atoms with Gasteiger partial charge in [-0.1, -0.05) is 6.07 Å². The fourth-order valence-corrected chi connectivity index (χ4v) is 7.98. The predicted molar refractivity (Wildman–Crippen MR) is 213 cm³/mol. The standard InChI is InChI=1S/C42H49F3N8O6/c1-41(2,59)31-22-32(46)26(20-34(31)50-37(55)33-6-4-8-36(49-33)42(43,44)45)23-48-27-13-15-51(16-14-27)24-25-11-17-52(18-12-25)28-9-10-29-30(21-28)40(58)53(39(29)57)35(7-5-19-54)38(56)47-3/h4,6,8-10,19-23,25,27,35,46,48,59H,5,7,11-18,24H2,1-3H3,(H,47,56)(H,50,55)/b26-23-,46-32?. The maximum absolute atomic E-state index is 13.4. The summed E-state index contributed by atoms with van der Waals surface area (Å²) in [7, 11) is 1.42. The van der Waals surface area contributed by atoms with Crippen LogP contribution in [0.3, 0.4) is 0 Å². The number of aromatic nitrogens is 1. The Hall–Kier alpha value is -5.68. The highest BCUT2D eigenvalue weighted by Crippen LogP contribution is 2.33. The van der Waals surface area contributed by atoms with E-state index in [0.717, 1.165) is 81.1 Å². The van der Waals surface area contributed by atoms with Gasteiger partial charge < -0.3 is 41.1 Å². The first-order chi connectivity index (χ1) is 28.0. The first-order valence-corrected chi connectivity index (χ1v) is 19.7. The average molecular weight is 819 g/mol. The molecule has 314 valence electrons. The van der Waals surface area contributed by atoms with E-state index in [-0.39, 0.29) is 47.0 Å². The van der Waals surface area contributed by atoms with Crippen LogP contribution in [-0.4, -0.2) is 113 Å². The highest BCUT2D eigenvalue weighted by atomic mass is 19.4. The summed E-state index contributed by atoms with van der Waals surface area (Å²) in [4.78, 5) is 72.3. The summed E-state index contributed by atoms with van der Waals surface area (Å²) in [6, 6.07) is 7.30. The fourth-order valence-electron chi connectivity index (χ4n) is 7.98. The number of alkyl halides is 3. The number of fused-ring (bicyclic) bond motifs is 1. The number of halogens is 3. The van der Waals surface area contributed by atoms with Gasteiger partial charge in [0.15, 0.2) is 0 Å². The van der Waals surface area contributed by atoms with Gasteiger partial charge in [-0.15, -0.1) is 0 Å². The molecule has 2 aromatic rings. The maximum atomic E-state index is 13.4. The van der Waals surface area contributed by atoms with Gasteiger partial charge in [0.1, 0.15) is 23.7 Å². The summed E-state index contributed by atoms with van der Waals surface area (Å²) in [5.74, 6) is -1.99. The van der Waals surface area contributed by atoms with Gasteiger partial charge in [-0.3, -0.25) is 24.1 Å². The topological polar surface area (TPSA) is 188 Å². The lowest BCUT2D eigenvalue weighted by Crippen LogP contribution is -2.48. The highest BCUT2D eigenvalue weighted by Gasteiger charge is 2.43. The van der Waals surface area contributed by atoms with Crippen molar-refractivity contribution in [1.82, 2.24) is 30.7 Å². The molecule has 4 aliphatic rings. The number of allylic oxidation sites excluding steroid dienone is 3. The number of rotatable bonds is 13. The molecule has 2 saturated heterocycles. The Labute approximate surface area is 340 Å². The third kappa shape index (κ3) is 9.79. The Morgan fingerprint density at radius 3 is 2.34 bits per heavy atom. The number of nitrogens with one attached hydrogen (secondary N) is 4. The number of anilines is 1. The average Bonchev–Trinajstić information content (AvgIpc) is 3.45. The molecule has 0 saturated carbocycles. The smallest absolute Gasteiger partial charge is 0.388 e. The number of aldehydes is 1. The largest absolute Gasteiger partial charge is 0.433 e. The Bertz CT molecular complexity index is 2090. The van der Waals surface area contributed by atoms with Crippen molar-refractivity contribution in [1.29, 1.82) is 5.41 Å². The highest BCUT2D eigenvalue weighted by molar-refractivity contribution is 6.23. The van der Waals surface area contributed by atoms with E-state index in [2.05, 4.69) is 30.7 Å². The van der Waals surface area contributed by atoms with Gasteiger partial charge in [-0.25, -0.2) is 4.98 Å². The molecule has 0 spiro atoms. The Morgan fingerprint density at radius 1 is 1.00 bits per heavy atom. The number of likely N-dealkylation sites (tertiary alicyclic amines) is 1. The van der Waals surface area contributed by atoms with E-state index in [0.29, 0.717) is 17.8 Å². The first kappa shape index (κ1) is 42.9. The van der Waals surface area contributed by atoms with Gasteiger partial charge in [-0.05, 0) is 94.4 Å². The van der Waals surface area contributed by atoms with E-state index >= 15 is 0 Å². The number of hydrogen-bond donors (Lipinski definition) is 5. The van der Waals surface area contributed by atoms with Crippen molar-refractivity contribution in [2.45, 2.75) is 76.2 Å². The minimum Gasteiger partial charge on any atom is -0.388 e. The SMILES string of the molecule is CNC(=O)C(CCC=O)N1C(=O)c2ccc(N3CCC(CN4CCC(N/C=C5/C=C(NC(=O)c6cccc(C(F)(F)F)n6)C(C(C)(C)O)=CC5=N)CC4)CC3)cc2C1=O. The van der Waals surface area contributed by atoms with Crippen molar-refractivity contribution < 1.29 is 42.3 Å². The Balaban J connectivity index is 1.01. The number of hydrogen-bond acceptors (Lipinski definition) is 11. The number of benzene rings is 1. The number of carbonyl (C=O) groups is 5. The van der Waals surface area contributed by atoms with Crippen LogP contribution in [0.4, 0.5) is 18.9 Å². The third-order valence-corrected chi connectivity index (χ3v) is 11.2. The molecule has 1 aromatic carbocycles. The van der Waals surface area contributed by atoms with Crippen LogP contribution >= 0.6 is 0 Å². The number of aliphatic hydroxyl groups is 1. The van der Waals surface area contributed by atoms with Crippen molar-refractivity contribution in [3.8, 4) is 0 Å². The molecule has 1 atom stereocenters. The van der Waals surface area contributed by atoms with Crippen LogP contribution in [0.1, 0.15) is 89.3 Å². The van der Waals surface area contributed by atoms with Crippen molar-refractivity contribution in [2.75, 3.05) is 44.7 Å². The third-order valence-electron chi connectivity index (χ3n) is 11.2. The number of amides is 4. The summed E-state index contributed by atoms with van der Waals surface area (Å²) in [6.45, 7) is 7.21. The number of pyridine rings is 1. The molecular weight excluding hydrogens is 770 g/mol. The number of carbonyl (C=O) groups excluding carboxylic acids is 5. The second-order valence-electron chi connectivity index (χ2n) is 15.8. The molecule has 2 fully saturated rings. The van der Waals surface area contributed by atoms with Gasteiger partial charge >= 0.3 is 6.18 Å². The molecule has 1 unspecified atom stereocenters. The van der Waals surface area contributed by atoms with Crippen LogP contribution in [0.2, 0.25) is 0 Å². The van der Waals surface area contributed by atoms with Crippen LogP contribution in [0, 0.1) is 11.3 Å². The molecular formula is C42H49F3N8O6. The lowest BCUT2D eigenvalue weighted by Gasteiger charge is -2.38. The van der Waals surface area contributed by atoms with Crippen LogP contribution < -0.4 is 20.9 Å². The molecule has 14 nitrogen and oxygen atoms in total. The molecule has 1 aliphatic carbocycles. The summed E-state index contributed by atoms with van der Waals surface area (Å²) in [6.07, 6.45) is 4.26. The molecule has 59 heavy (non-hydrogen) atoms. The Morgan fingerprint density at radius 2 is 1.69 bits per heavy atom. The molecule has 0 radical (unpaired) electrons. The van der Waals surface area contributed by atoms with Crippen molar-refractivity contribution in [3.63, 3.8) is 0 Å². The predicted octanol–water partition coefficient (Wildman–Crippen LogP) is 3.99. The monoisotopic (exact) mass is 818 g/mol. The second-order valence-corrected chi connectivity index (χ2v) is 15.8. The summed E-state index contributed by atoms with van der Waals surface area (Å²) in [5.41, 5.74) is -0.873. The van der Waals surface area contributed by atoms with E-state index < -0.39 is 52.8 Å². The van der Waals surface area contributed by atoms with Crippen LogP contribution in [0.15, 0.2) is 71.6 Å². The number of imide groups is 1. The lowest BCUT2D eigenvalue weighted by molar-refractivity contribution is -0.141. The van der Waals surface area contributed by atoms with E-state index in [1.54, 1.807) is 18.3 Å². The molecule has 4 amide bonds. The summed E-state index contributed by atoms with van der Waals surface area (Å²) in [5, 5.41) is 27.9. The zero-order valence-electron chi connectivity index (χ0n) is 33.2. The molecule has 4 heterocycles. The number of likely N-dealkylation sites (N-methyl/N-ethyl adjacent to an activating group) is 1. The molecule has 1 aromatic heterocycles. The zero-order chi connectivity index (χ0) is 42.6. The van der Waals surface area contributed by atoms with Gasteiger partial charge in [0.05, 0.1) is 22.4 Å². The van der Waals surface area contributed by atoms with Crippen LogP contribution in [0.5, 0.6) is 0 Å². The zero-order valence-corrected chi connectivity index (χ0v) is 33.2. The first-order valence-electron chi connectivity index (χ1n) is 19.7. The minimum absolute atomic E-state index is 0.0386. The van der Waals surface area contributed by atoms with Crippen molar-refractivity contribution in [2.24, 2.45) is 5.92 Å². The number of nitrogens with zero attached hydrogens (tertiary/aromatic N) is 4. The molecule has 17 heteroatoms. The van der Waals surface area contributed by atoms with Gasteiger partial charge in [0, 0.05) is 81.0 Å². The van der Waals surface area contributed by atoms with Crippen molar-refractivity contribution >= 4 is 41.3 Å².